The Morgan fingerprint density at radius 3 is 3.00 bits per heavy atom. The van der Waals surface area contributed by atoms with E-state index in [-0.39, 0.29) is 0 Å². The Balaban J connectivity index is 1.98. The average molecular weight is 235 g/mol. The fourth-order valence-corrected chi connectivity index (χ4v) is 2.46. The summed E-state index contributed by atoms with van der Waals surface area (Å²) in [4.78, 5) is 1.30. The molecule has 0 amide bonds. The average Bonchev–Trinajstić information content (AvgIpc) is 2.79. The summed E-state index contributed by atoms with van der Waals surface area (Å²) in [6.07, 6.45) is 2.10. The predicted octanol–water partition coefficient (Wildman–Crippen LogP) is 4.08. The molecule has 0 saturated heterocycles. The molecule has 1 N–H and O–H groups in total. The van der Waals surface area contributed by atoms with Crippen LogP contribution in [0.15, 0.2) is 46.0 Å². The highest BCUT2D eigenvalue weighted by atomic mass is 32.2. The highest BCUT2D eigenvalue weighted by Crippen LogP contribution is 2.19. The lowest BCUT2D eigenvalue weighted by atomic mass is 10.3. The minimum absolute atomic E-state index is 0.904. The van der Waals surface area contributed by atoms with Gasteiger partial charge in [-0.15, -0.1) is 11.8 Å². The zero-order chi connectivity index (χ0) is 10.5. The van der Waals surface area contributed by atoms with Crippen molar-refractivity contribution in [3.8, 4) is 0 Å². The molecule has 78 valence electrons. The Bertz CT molecular complexity index is 409. The van der Waals surface area contributed by atoms with Crippen molar-refractivity contribution in [2.75, 3.05) is 11.6 Å². The van der Waals surface area contributed by atoms with Crippen LogP contribution in [0.25, 0.3) is 0 Å². The third-order valence-electron chi connectivity index (χ3n) is 2.15. The van der Waals surface area contributed by atoms with E-state index in [2.05, 4.69) is 52.7 Å². The minimum Gasteiger partial charge on any atom is -0.381 e. The Morgan fingerprint density at radius 1 is 1.33 bits per heavy atom. The second-order valence-electron chi connectivity index (χ2n) is 3.22. The van der Waals surface area contributed by atoms with Crippen LogP contribution in [0.4, 0.5) is 5.69 Å². The van der Waals surface area contributed by atoms with Crippen LogP contribution in [-0.4, -0.2) is 6.26 Å². The van der Waals surface area contributed by atoms with Gasteiger partial charge >= 0.3 is 0 Å². The second-order valence-corrected chi connectivity index (χ2v) is 4.88. The third kappa shape index (κ3) is 3.01. The van der Waals surface area contributed by atoms with Gasteiger partial charge in [-0.05, 0) is 46.8 Å². The van der Waals surface area contributed by atoms with Gasteiger partial charge in [-0.3, -0.25) is 0 Å². The predicted molar refractivity (Wildman–Crippen MR) is 69.9 cm³/mol. The molecule has 1 nitrogen and oxygen atoms in total. The van der Waals surface area contributed by atoms with Crippen molar-refractivity contribution >= 4 is 28.8 Å². The molecule has 15 heavy (non-hydrogen) atoms. The van der Waals surface area contributed by atoms with Crippen LogP contribution in [0.5, 0.6) is 0 Å². The van der Waals surface area contributed by atoms with Gasteiger partial charge in [-0.2, -0.15) is 11.3 Å². The van der Waals surface area contributed by atoms with Crippen molar-refractivity contribution in [1.82, 2.24) is 0 Å². The van der Waals surface area contributed by atoms with Crippen molar-refractivity contribution in [2.24, 2.45) is 0 Å². The standard InChI is InChI=1S/C12H13NS2/c1-14-12-4-2-3-11(7-12)13-8-10-5-6-15-9-10/h2-7,9,13H,8H2,1H3. The summed E-state index contributed by atoms with van der Waals surface area (Å²) in [5, 5.41) is 7.69. The van der Waals surface area contributed by atoms with Gasteiger partial charge in [0.1, 0.15) is 0 Å². The first-order chi connectivity index (χ1) is 7.38. The molecule has 0 bridgehead atoms. The van der Waals surface area contributed by atoms with Gasteiger partial charge in [0, 0.05) is 17.1 Å². The maximum absolute atomic E-state index is 3.42. The Hall–Kier alpha value is -0.930. The van der Waals surface area contributed by atoms with Gasteiger partial charge < -0.3 is 5.32 Å². The molecule has 2 rings (SSSR count). The molecule has 0 atom stereocenters. The van der Waals surface area contributed by atoms with E-state index in [9.17, 15) is 0 Å². The normalized spacial score (nSPS) is 10.2. The van der Waals surface area contributed by atoms with Gasteiger partial charge in [0.15, 0.2) is 0 Å². The molecule has 3 heteroatoms. The first-order valence-electron chi connectivity index (χ1n) is 4.77. The summed E-state index contributed by atoms with van der Waals surface area (Å²) in [6.45, 7) is 0.904. The van der Waals surface area contributed by atoms with Crippen molar-refractivity contribution in [2.45, 2.75) is 11.4 Å². The second kappa shape index (κ2) is 5.24. The summed E-state index contributed by atoms with van der Waals surface area (Å²) < 4.78 is 0. The van der Waals surface area contributed by atoms with Crippen LogP contribution >= 0.6 is 23.1 Å². The van der Waals surface area contributed by atoms with E-state index in [0.717, 1.165) is 6.54 Å². The number of benzene rings is 1. The maximum atomic E-state index is 3.42. The number of anilines is 1. The van der Waals surface area contributed by atoms with E-state index < -0.39 is 0 Å². The number of nitrogens with one attached hydrogen (secondary N) is 1. The van der Waals surface area contributed by atoms with Gasteiger partial charge in [0.2, 0.25) is 0 Å². The molecule has 0 aliphatic rings. The molecule has 0 unspecified atom stereocenters. The third-order valence-corrected chi connectivity index (χ3v) is 3.60. The van der Waals surface area contributed by atoms with Crippen molar-refractivity contribution in [3.05, 3.63) is 46.7 Å². The summed E-state index contributed by atoms with van der Waals surface area (Å²) in [7, 11) is 0. The number of thiophene rings is 1. The lowest BCUT2D eigenvalue weighted by molar-refractivity contribution is 1.16. The van der Waals surface area contributed by atoms with E-state index >= 15 is 0 Å². The van der Waals surface area contributed by atoms with Gasteiger partial charge in [-0.1, -0.05) is 6.07 Å². The first-order valence-corrected chi connectivity index (χ1v) is 6.94. The van der Waals surface area contributed by atoms with Crippen LogP contribution in [0.1, 0.15) is 5.56 Å². The molecule has 0 aliphatic carbocycles. The monoisotopic (exact) mass is 235 g/mol. The van der Waals surface area contributed by atoms with Gasteiger partial charge in [0.05, 0.1) is 0 Å². The van der Waals surface area contributed by atoms with Crippen molar-refractivity contribution in [3.63, 3.8) is 0 Å². The van der Waals surface area contributed by atoms with E-state index in [1.165, 1.54) is 16.1 Å². The summed E-state index contributed by atoms with van der Waals surface area (Å²) in [5.41, 5.74) is 2.53. The van der Waals surface area contributed by atoms with E-state index in [1.54, 1.807) is 23.1 Å². The number of rotatable bonds is 4. The van der Waals surface area contributed by atoms with E-state index in [0.29, 0.717) is 0 Å². The summed E-state index contributed by atoms with van der Waals surface area (Å²) in [5.74, 6) is 0. The molecule has 1 aromatic carbocycles. The first kappa shape index (κ1) is 10.6. The molecular weight excluding hydrogens is 222 g/mol. The molecule has 0 spiro atoms. The highest BCUT2D eigenvalue weighted by Gasteiger charge is 1.95. The van der Waals surface area contributed by atoms with Crippen molar-refractivity contribution in [1.29, 1.82) is 0 Å². The van der Waals surface area contributed by atoms with Crippen LogP contribution in [-0.2, 0) is 6.54 Å². The molecule has 2 aromatic rings. The molecule has 0 fully saturated rings. The Kier molecular flexibility index (Phi) is 3.69. The summed E-state index contributed by atoms with van der Waals surface area (Å²) >= 11 is 3.51. The molecule has 1 heterocycles. The minimum atomic E-state index is 0.904. The zero-order valence-electron chi connectivity index (χ0n) is 8.57. The van der Waals surface area contributed by atoms with Crippen LogP contribution in [0, 0.1) is 0 Å². The summed E-state index contributed by atoms with van der Waals surface area (Å²) in [6, 6.07) is 10.6. The van der Waals surface area contributed by atoms with E-state index in [4.69, 9.17) is 0 Å². The smallest absolute Gasteiger partial charge is 0.0409 e. The van der Waals surface area contributed by atoms with Crippen LogP contribution in [0.2, 0.25) is 0 Å². The SMILES string of the molecule is CSc1cccc(NCc2ccsc2)c1. The fourth-order valence-electron chi connectivity index (χ4n) is 1.33. The molecular formula is C12H13NS2. The molecule has 0 radical (unpaired) electrons. The maximum Gasteiger partial charge on any atom is 0.0409 e. The zero-order valence-corrected chi connectivity index (χ0v) is 10.2. The molecule has 1 aromatic heterocycles. The van der Waals surface area contributed by atoms with Crippen LogP contribution < -0.4 is 5.32 Å². The Labute approximate surface area is 98.5 Å². The topological polar surface area (TPSA) is 12.0 Å². The van der Waals surface area contributed by atoms with Gasteiger partial charge in [-0.25, -0.2) is 0 Å². The Morgan fingerprint density at radius 2 is 2.27 bits per heavy atom. The quantitative estimate of drug-likeness (QED) is 0.801. The van der Waals surface area contributed by atoms with Crippen LogP contribution in [0.3, 0.4) is 0 Å². The van der Waals surface area contributed by atoms with Gasteiger partial charge in [0.25, 0.3) is 0 Å². The lowest BCUT2D eigenvalue weighted by Gasteiger charge is -2.06. The highest BCUT2D eigenvalue weighted by molar-refractivity contribution is 7.98. The lowest BCUT2D eigenvalue weighted by Crippen LogP contribution is -1.97. The number of hydrogen-bond acceptors (Lipinski definition) is 3. The van der Waals surface area contributed by atoms with Crippen molar-refractivity contribution < 1.29 is 0 Å². The molecule has 0 saturated carbocycles. The van der Waals surface area contributed by atoms with E-state index in [1.807, 2.05) is 0 Å². The molecule has 0 aliphatic heterocycles. The fraction of sp³-hybridized carbons (Fsp3) is 0.167. The largest absolute Gasteiger partial charge is 0.381 e. The number of hydrogen-bond donors (Lipinski definition) is 1. The number of thioether (sulfide) groups is 1.